The lowest BCUT2D eigenvalue weighted by Crippen LogP contribution is -2.57. The van der Waals surface area contributed by atoms with Crippen molar-refractivity contribution in [3.05, 3.63) is 0 Å². The highest BCUT2D eigenvalue weighted by molar-refractivity contribution is 6.90. The number of rotatable bonds is 9. The molecule has 0 spiro atoms. The normalized spacial score (nSPS) is 15.3. The number of hydrogen-bond acceptors (Lipinski definition) is 4. The second-order valence-corrected chi connectivity index (χ2v) is 31.1. The summed E-state index contributed by atoms with van der Waals surface area (Å²) in [5, 5.41) is 10.5. The molecule has 0 aliphatic rings. The van der Waals surface area contributed by atoms with Gasteiger partial charge in [-0.2, -0.15) is 10.2 Å². The number of hydrogen-bond donors (Lipinski definition) is 0. The first-order valence-corrected chi connectivity index (χ1v) is 23.9. The van der Waals surface area contributed by atoms with Gasteiger partial charge in [0.2, 0.25) is 0 Å². The van der Waals surface area contributed by atoms with Crippen molar-refractivity contribution in [1.29, 1.82) is 0 Å². The third-order valence-electron chi connectivity index (χ3n) is 3.99. The molecule has 154 valence electrons. The molecule has 0 bridgehead atoms. The van der Waals surface area contributed by atoms with Gasteiger partial charge >= 0.3 is 0 Å². The Morgan fingerprint density at radius 3 is 0.808 bits per heavy atom. The van der Waals surface area contributed by atoms with Crippen molar-refractivity contribution < 1.29 is 0 Å². The van der Waals surface area contributed by atoms with Gasteiger partial charge in [0.1, 0.15) is 0 Å². The van der Waals surface area contributed by atoms with E-state index in [2.05, 4.69) is 101 Å². The molecule has 4 nitrogen and oxygen atoms in total. The highest BCUT2D eigenvalue weighted by Gasteiger charge is 2.36. The Morgan fingerprint density at radius 2 is 0.692 bits per heavy atom. The van der Waals surface area contributed by atoms with Gasteiger partial charge in [0.15, 0.2) is 32.9 Å². The molecule has 0 radical (unpaired) electrons. The molecule has 0 unspecified atom stereocenters. The zero-order valence-electron chi connectivity index (χ0n) is 20.2. The van der Waals surface area contributed by atoms with Gasteiger partial charge in [0.25, 0.3) is 0 Å². The summed E-state index contributed by atoms with van der Waals surface area (Å²) in [6, 6.07) is 0. The van der Waals surface area contributed by atoms with E-state index in [1.807, 2.05) is 0 Å². The van der Waals surface area contributed by atoms with Crippen LogP contribution in [0.25, 0.3) is 0 Å². The fourth-order valence-corrected chi connectivity index (χ4v) is 21.3. The summed E-state index contributed by atoms with van der Waals surface area (Å²) in [4.78, 5) is 0. The summed E-state index contributed by atoms with van der Waals surface area (Å²) in [6.45, 7) is 33.3. The van der Waals surface area contributed by atoms with Gasteiger partial charge in [-0.3, -0.25) is 0 Å². The first kappa shape index (κ1) is 25.8. The van der Waals surface area contributed by atoms with Crippen LogP contribution >= 0.6 is 0 Å². The smallest absolute Gasteiger partial charge is 0.158 e. The Kier molecular flexibility index (Phi) is 8.81. The van der Waals surface area contributed by atoms with E-state index in [-0.39, 0.29) is 0 Å². The van der Waals surface area contributed by atoms with E-state index in [1.165, 1.54) is 11.4 Å². The average Bonchev–Trinajstić information content (AvgIpc) is 2.36. The van der Waals surface area contributed by atoms with Crippen molar-refractivity contribution in [2.75, 3.05) is 0 Å². The molecule has 0 saturated heterocycles. The third-order valence-corrected chi connectivity index (χ3v) is 17.5. The Morgan fingerprint density at radius 1 is 0.500 bits per heavy atom. The van der Waals surface area contributed by atoms with Crippen LogP contribution in [0.4, 0.5) is 0 Å². The second kappa shape index (κ2) is 8.87. The molecule has 0 aliphatic heterocycles. The quantitative estimate of drug-likeness (QED) is 0.239. The van der Waals surface area contributed by atoms with Gasteiger partial charge in [-0.1, -0.05) is 92.4 Å². The molecular weight excluding hydrogens is 385 g/mol. The van der Waals surface area contributed by atoms with Crippen molar-refractivity contribution in [3.8, 4) is 0 Å². The van der Waals surface area contributed by atoms with Crippen LogP contribution in [0.2, 0.25) is 78.6 Å². The highest BCUT2D eigenvalue weighted by atomic mass is 28.4. The molecule has 0 amide bonds. The fourth-order valence-electron chi connectivity index (χ4n) is 3.52. The Labute approximate surface area is 168 Å². The van der Waals surface area contributed by atoms with Crippen LogP contribution in [0.15, 0.2) is 10.2 Å². The summed E-state index contributed by atoms with van der Waals surface area (Å²) >= 11 is 0. The molecule has 0 aliphatic carbocycles. The summed E-state index contributed by atoms with van der Waals surface area (Å²) in [6.07, 6.45) is 1.90. The van der Waals surface area contributed by atoms with E-state index in [0.29, 0.717) is 0 Å². The molecule has 8 heteroatoms. The monoisotopic (exact) mass is 430 g/mol. The molecule has 0 N–H and O–H groups in total. The Hall–Kier alpha value is -0.192. The maximum atomic E-state index is 5.27. The molecule has 0 rings (SSSR count). The van der Waals surface area contributed by atoms with Crippen LogP contribution in [0, 0.1) is 0 Å². The molecule has 0 aromatic heterocycles. The second-order valence-electron chi connectivity index (χ2n) is 11.1. The first-order valence-electron chi connectivity index (χ1n) is 10.1. The molecule has 0 aromatic rings. The first-order chi connectivity index (χ1) is 11.4. The van der Waals surface area contributed by atoms with Crippen LogP contribution in [0.1, 0.15) is 26.7 Å². The maximum absolute atomic E-state index is 5.27. The predicted octanol–water partition coefficient (Wildman–Crippen LogP) is 6.46. The number of hydrazone groups is 2. The minimum absolute atomic E-state index is 0.948. The lowest BCUT2D eigenvalue weighted by atomic mass is 10.1. The minimum Gasteiger partial charge on any atom is -0.350 e. The summed E-state index contributed by atoms with van der Waals surface area (Å²) < 4.78 is 5.05. The van der Waals surface area contributed by atoms with Gasteiger partial charge in [0, 0.05) is 0 Å². The van der Waals surface area contributed by atoms with Crippen molar-refractivity contribution in [2.45, 2.75) is 105 Å². The van der Waals surface area contributed by atoms with Crippen LogP contribution in [0.5, 0.6) is 0 Å². The lowest BCUT2D eigenvalue weighted by molar-refractivity contribution is 0.656. The van der Waals surface area contributed by atoms with Crippen LogP contribution in [-0.4, -0.2) is 53.0 Å². The van der Waals surface area contributed by atoms with Crippen LogP contribution in [-0.2, 0) is 0 Å². The van der Waals surface area contributed by atoms with E-state index in [9.17, 15) is 0 Å². The van der Waals surface area contributed by atoms with Crippen molar-refractivity contribution >= 4 is 44.4 Å². The average molecular weight is 431 g/mol. The molecular formula is C18H46N4Si4. The summed E-state index contributed by atoms with van der Waals surface area (Å²) in [5.41, 5.74) is 2.39. The van der Waals surface area contributed by atoms with E-state index >= 15 is 0 Å². The summed E-state index contributed by atoms with van der Waals surface area (Å²) in [5.74, 6) is 0. The lowest BCUT2D eigenvalue weighted by Gasteiger charge is -2.43. The maximum Gasteiger partial charge on any atom is 0.158 e. The largest absolute Gasteiger partial charge is 0.350 e. The van der Waals surface area contributed by atoms with Gasteiger partial charge in [-0.05, 0) is 12.8 Å². The fraction of sp³-hybridized carbons (Fsp3) is 0.889. The molecule has 0 saturated carbocycles. The van der Waals surface area contributed by atoms with Gasteiger partial charge < -0.3 is 8.68 Å². The van der Waals surface area contributed by atoms with E-state index in [1.54, 1.807) is 0 Å². The molecule has 0 heterocycles. The van der Waals surface area contributed by atoms with Crippen molar-refractivity contribution in [2.24, 2.45) is 10.2 Å². The standard InChI is InChI=1S/C18H46N4Si4/c1-15-17(19-21(23(3,4)5)24(6,7)8)18(16-2)20-22(25(9,10)11)26(12,13)14/h15-16H2,1-14H3. The highest BCUT2D eigenvalue weighted by Crippen LogP contribution is 2.23. The van der Waals surface area contributed by atoms with Crippen molar-refractivity contribution in [1.82, 2.24) is 8.68 Å². The molecule has 0 atom stereocenters. The van der Waals surface area contributed by atoms with E-state index < -0.39 is 32.9 Å². The Bertz CT molecular complexity index is 441. The van der Waals surface area contributed by atoms with Crippen LogP contribution in [0.3, 0.4) is 0 Å². The van der Waals surface area contributed by atoms with Crippen molar-refractivity contribution in [3.63, 3.8) is 0 Å². The van der Waals surface area contributed by atoms with Gasteiger partial charge in [-0.15, -0.1) is 0 Å². The van der Waals surface area contributed by atoms with E-state index in [0.717, 1.165) is 12.8 Å². The molecule has 26 heavy (non-hydrogen) atoms. The SMILES string of the molecule is CCC(=NN([Si](C)(C)C)[Si](C)(C)C)C(CC)=NN([Si](C)(C)C)[Si](C)(C)C. The predicted molar refractivity (Wildman–Crippen MR) is 133 cm³/mol. The molecule has 0 aromatic carbocycles. The van der Waals surface area contributed by atoms with Crippen LogP contribution < -0.4 is 0 Å². The topological polar surface area (TPSA) is 31.2 Å². The molecule has 0 fully saturated rings. The minimum atomic E-state index is -1.52. The van der Waals surface area contributed by atoms with Gasteiger partial charge in [0.05, 0.1) is 11.4 Å². The van der Waals surface area contributed by atoms with Gasteiger partial charge in [-0.25, -0.2) is 0 Å². The summed E-state index contributed by atoms with van der Waals surface area (Å²) in [7, 11) is -6.07. The van der Waals surface area contributed by atoms with E-state index in [4.69, 9.17) is 10.2 Å². The zero-order chi connectivity index (χ0) is 21.1. The third kappa shape index (κ3) is 7.82. The Balaban J connectivity index is 6.30. The zero-order valence-corrected chi connectivity index (χ0v) is 24.2. The number of nitrogens with zero attached hydrogens (tertiary/aromatic N) is 4.